The summed E-state index contributed by atoms with van der Waals surface area (Å²) in [5.74, 6) is 0.958. The molecule has 0 bridgehead atoms. The fourth-order valence-corrected chi connectivity index (χ4v) is 2.72. The summed E-state index contributed by atoms with van der Waals surface area (Å²) in [6, 6.07) is 2.09. The third-order valence-electron chi connectivity index (χ3n) is 2.86. The zero-order chi connectivity index (χ0) is 14.7. The molecule has 0 radical (unpaired) electrons. The van der Waals surface area contributed by atoms with Crippen molar-refractivity contribution in [2.45, 2.75) is 26.8 Å². The van der Waals surface area contributed by atoms with Crippen LogP contribution in [0.25, 0.3) is 10.2 Å². The standard InChI is InChI=1S/C13H19N5OS/c1-4-15-13-16-11(9-5-6-20-12(9)17-13)18(8(2)3)7-10(14)19/h5-6,8H,4,7H2,1-3H3,(H2,14,19)(H,15,16,17). The lowest BCUT2D eigenvalue weighted by Gasteiger charge is -2.27. The minimum absolute atomic E-state index is 0.120. The number of nitrogens with zero attached hydrogens (tertiary/aromatic N) is 3. The molecular formula is C13H19N5OS. The van der Waals surface area contributed by atoms with E-state index in [1.165, 1.54) is 0 Å². The second-order valence-corrected chi connectivity index (χ2v) is 5.62. The molecule has 6 nitrogen and oxygen atoms in total. The Balaban J connectivity index is 2.53. The van der Waals surface area contributed by atoms with Gasteiger partial charge in [0.2, 0.25) is 11.9 Å². The summed E-state index contributed by atoms with van der Waals surface area (Å²) in [5, 5.41) is 6.04. The van der Waals surface area contributed by atoms with Gasteiger partial charge in [0.25, 0.3) is 0 Å². The van der Waals surface area contributed by atoms with E-state index in [1.807, 2.05) is 37.1 Å². The molecular weight excluding hydrogens is 274 g/mol. The van der Waals surface area contributed by atoms with Gasteiger partial charge in [-0.15, -0.1) is 11.3 Å². The van der Waals surface area contributed by atoms with Gasteiger partial charge in [-0.1, -0.05) is 0 Å². The van der Waals surface area contributed by atoms with Crippen LogP contribution in [0.5, 0.6) is 0 Å². The smallest absolute Gasteiger partial charge is 0.237 e. The molecule has 0 spiro atoms. The molecule has 0 aliphatic rings. The molecule has 1 amide bonds. The minimum atomic E-state index is -0.370. The highest BCUT2D eigenvalue weighted by Crippen LogP contribution is 2.30. The first kappa shape index (κ1) is 14.5. The third-order valence-corrected chi connectivity index (χ3v) is 3.67. The number of hydrogen-bond acceptors (Lipinski definition) is 6. The molecule has 108 valence electrons. The summed E-state index contributed by atoms with van der Waals surface area (Å²) < 4.78 is 0. The molecule has 0 saturated carbocycles. The van der Waals surface area contributed by atoms with Crippen molar-refractivity contribution in [2.75, 3.05) is 23.3 Å². The van der Waals surface area contributed by atoms with Gasteiger partial charge < -0.3 is 16.0 Å². The van der Waals surface area contributed by atoms with Crippen molar-refractivity contribution < 1.29 is 4.79 Å². The van der Waals surface area contributed by atoms with E-state index in [0.29, 0.717) is 5.95 Å². The Kier molecular flexibility index (Phi) is 4.39. The number of aromatic nitrogens is 2. The highest BCUT2D eigenvalue weighted by atomic mass is 32.1. The minimum Gasteiger partial charge on any atom is -0.368 e. The lowest BCUT2D eigenvalue weighted by Crippen LogP contribution is -2.39. The van der Waals surface area contributed by atoms with Crippen molar-refractivity contribution in [2.24, 2.45) is 5.73 Å². The molecule has 0 fully saturated rings. The van der Waals surface area contributed by atoms with E-state index in [4.69, 9.17) is 5.73 Å². The molecule has 20 heavy (non-hydrogen) atoms. The molecule has 0 aliphatic heterocycles. The molecule has 0 atom stereocenters. The lowest BCUT2D eigenvalue weighted by molar-refractivity contribution is -0.116. The number of fused-ring (bicyclic) bond motifs is 1. The Hall–Kier alpha value is -1.89. The maximum atomic E-state index is 11.3. The van der Waals surface area contributed by atoms with E-state index in [1.54, 1.807) is 11.3 Å². The molecule has 2 aromatic heterocycles. The van der Waals surface area contributed by atoms with Crippen LogP contribution in [-0.4, -0.2) is 35.0 Å². The second-order valence-electron chi connectivity index (χ2n) is 4.73. The summed E-state index contributed by atoms with van der Waals surface area (Å²) in [5.41, 5.74) is 5.35. The largest absolute Gasteiger partial charge is 0.368 e. The monoisotopic (exact) mass is 293 g/mol. The highest BCUT2D eigenvalue weighted by molar-refractivity contribution is 7.16. The first-order valence-corrected chi connectivity index (χ1v) is 7.45. The zero-order valence-corrected chi connectivity index (χ0v) is 12.7. The zero-order valence-electron chi connectivity index (χ0n) is 11.9. The summed E-state index contributed by atoms with van der Waals surface area (Å²) in [6.07, 6.45) is 0. The van der Waals surface area contributed by atoms with Crippen LogP contribution in [0.4, 0.5) is 11.8 Å². The van der Waals surface area contributed by atoms with Crippen LogP contribution >= 0.6 is 11.3 Å². The van der Waals surface area contributed by atoms with Gasteiger partial charge in [-0.25, -0.2) is 4.98 Å². The number of hydrogen-bond donors (Lipinski definition) is 2. The Bertz CT molecular complexity index is 610. The quantitative estimate of drug-likeness (QED) is 0.848. The van der Waals surface area contributed by atoms with Gasteiger partial charge in [0.1, 0.15) is 10.6 Å². The van der Waals surface area contributed by atoms with Crippen LogP contribution in [0, 0.1) is 0 Å². The average Bonchev–Trinajstić information content (AvgIpc) is 2.83. The first-order chi connectivity index (χ1) is 9.52. The summed E-state index contributed by atoms with van der Waals surface area (Å²) in [6.45, 7) is 6.90. The van der Waals surface area contributed by atoms with Crippen molar-refractivity contribution in [3.05, 3.63) is 11.4 Å². The normalized spacial score (nSPS) is 11.0. The van der Waals surface area contributed by atoms with Crippen LogP contribution in [0.3, 0.4) is 0 Å². The molecule has 0 aliphatic carbocycles. The summed E-state index contributed by atoms with van der Waals surface area (Å²) >= 11 is 1.56. The number of carbonyl (C=O) groups excluding carboxylic acids is 1. The Labute approximate surface area is 122 Å². The van der Waals surface area contributed by atoms with Crippen LogP contribution in [-0.2, 0) is 4.79 Å². The molecule has 2 rings (SSSR count). The molecule has 2 aromatic rings. The van der Waals surface area contributed by atoms with E-state index in [9.17, 15) is 4.79 Å². The fraction of sp³-hybridized carbons (Fsp3) is 0.462. The highest BCUT2D eigenvalue weighted by Gasteiger charge is 2.19. The average molecular weight is 293 g/mol. The topological polar surface area (TPSA) is 84.1 Å². The van der Waals surface area contributed by atoms with Crippen LogP contribution in [0.1, 0.15) is 20.8 Å². The molecule has 0 saturated heterocycles. The van der Waals surface area contributed by atoms with Crippen LogP contribution in [0.15, 0.2) is 11.4 Å². The van der Waals surface area contributed by atoms with Gasteiger partial charge in [-0.2, -0.15) is 4.98 Å². The van der Waals surface area contributed by atoms with Gasteiger partial charge in [0.05, 0.1) is 11.9 Å². The summed E-state index contributed by atoms with van der Waals surface area (Å²) in [7, 11) is 0. The number of nitrogens with one attached hydrogen (secondary N) is 1. The van der Waals surface area contributed by atoms with Crippen molar-refractivity contribution in [3.63, 3.8) is 0 Å². The Morgan fingerprint density at radius 3 is 2.85 bits per heavy atom. The van der Waals surface area contributed by atoms with Crippen molar-refractivity contribution in [3.8, 4) is 0 Å². The third kappa shape index (κ3) is 2.98. The van der Waals surface area contributed by atoms with Crippen LogP contribution in [0.2, 0.25) is 0 Å². The van der Waals surface area contributed by atoms with Crippen molar-refractivity contribution >= 4 is 39.2 Å². The number of nitrogens with two attached hydrogens (primary N) is 1. The number of carbonyl (C=O) groups is 1. The number of anilines is 2. The van der Waals surface area contributed by atoms with Gasteiger partial charge >= 0.3 is 0 Å². The molecule has 7 heteroatoms. The van der Waals surface area contributed by atoms with E-state index in [2.05, 4.69) is 15.3 Å². The van der Waals surface area contributed by atoms with Crippen molar-refractivity contribution in [1.29, 1.82) is 0 Å². The SMILES string of the molecule is CCNc1nc(N(CC(N)=O)C(C)C)c2ccsc2n1. The van der Waals surface area contributed by atoms with E-state index < -0.39 is 0 Å². The number of rotatable bonds is 6. The second kappa shape index (κ2) is 6.04. The van der Waals surface area contributed by atoms with Gasteiger partial charge in [0, 0.05) is 12.6 Å². The van der Waals surface area contributed by atoms with E-state index in [0.717, 1.165) is 22.6 Å². The first-order valence-electron chi connectivity index (χ1n) is 6.57. The Morgan fingerprint density at radius 1 is 1.50 bits per heavy atom. The number of primary amides is 1. The maximum Gasteiger partial charge on any atom is 0.237 e. The van der Waals surface area contributed by atoms with Gasteiger partial charge in [-0.05, 0) is 32.2 Å². The number of amides is 1. The number of thiophene rings is 1. The molecule has 0 unspecified atom stereocenters. The fourth-order valence-electron chi connectivity index (χ4n) is 1.97. The van der Waals surface area contributed by atoms with Crippen LogP contribution < -0.4 is 16.0 Å². The molecule has 3 N–H and O–H groups in total. The van der Waals surface area contributed by atoms with E-state index >= 15 is 0 Å². The predicted octanol–water partition coefficient (Wildman–Crippen LogP) is 1.82. The molecule has 2 heterocycles. The predicted molar refractivity (Wildman–Crippen MR) is 83.3 cm³/mol. The van der Waals surface area contributed by atoms with Gasteiger partial charge in [0.15, 0.2) is 0 Å². The lowest BCUT2D eigenvalue weighted by atomic mass is 10.2. The summed E-state index contributed by atoms with van der Waals surface area (Å²) in [4.78, 5) is 23.1. The molecule has 0 aromatic carbocycles. The van der Waals surface area contributed by atoms with Crippen molar-refractivity contribution in [1.82, 2.24) is 9.97 Å². The maximum absolute atomic E-state index is 11.3. The Morgan fingerprint density at radius 2 is 2.25 bits per heavy atom. The van der Waals surface area contributed by atoms with E-state index in [-0.39, 0.29) is 18.5 Å². The van der Waals surface area contributed by atoms with Gasteiger partial charge in [-0.3, -0.25) is 4.79 Å².